The minimum absolute atomic E-state index is 0.0818. The highest BCUT2D eigenvalue weighted by Gasteiger charge is 2.20. The van der Waals surface area contributed by atoms with E-state index in [1.807, 2.05) is 48.5 Å². The van der Waals surface area contributed by atoms with Gasteiger partial charge in [-0.25, -0.2) is 4.98 Å². The monoisotopic (exact) mass is 514 g/mol. The molecule has 0 atom stereocenters. The molecule has 1 amide bonds. The van der Waals surface area contributed by atoms with Gasteiger partial charge in [-0.1, -0.05) is 43.0 Å². The lowest BCUT2D eigenvalue weighted by molar-refractivity contribution is -0.115. The molecule has 0 bridgehead atoms. The van der Waals surface area contributed by atoms with Crippen LogP contribution in [-0.2, 0) is 4.79 Å². The Morgan fingerprint density at radius 2 is 1.41 bits per heavy atom. The smallest absolute Gasteiger partial charge is 0.224 e. The van der Waals surface area contributed by atoms with Crippen molar-refractivity contribution < 1.29 is 19.1 Å². The molecule has 0 aliphatic carbocycles. The zero-order chi connectivity index (χ0) is 26.2. The number of benzene rings is 3. The molecule has 9 heteroatoms. The fourth-order valence-electron chi connectivity index (χ4n) is 3.62. The van der Waals surface area contributed by atoms with Crippen LogP contribution in [0.1, 0.15) is 23.7 Å². The summed E-state index contributed by atoms with van der Waals surface area (Å²) in [6, 6.07) is 21.9. The van der Waals surface area contributed by atoms with E-state index in [2.05, 4.69) is 15.5 Å². The maximum atomic E-state index is 12.8. The number of methoxy groups -OCH3 is 2. The molecule has 3 aromatic carbocycles. The molecule has 1 heterocycles. The molecule has 0 spiro atoms. The molecule has 0 fully saturated rings. The van der Waals surface area contributed by atoms with Crippen LogP contribution in [0.5, 0.6) is 11.5 Å². The third kappa shape index (κ3) is 6.13. The average molecular weight is 515 g/mol. The first-order valence-electron chi connectivity index (χ1n) is 11.6. The fraction of sp³-hybridized carbons (Fsp3) is 0.179. The van der Waals surface area contributed by atoms with Crippen molar-refractivity contribution in [3.05, 3.63) is 78.4 Å². The predicted molar refractivity (Wildman–Crippen MR) is 144 cm³/mol. The van der Waals surface area contributed by atoms with Crippen LogP contribution in [0.4, 0.5) is 5.69 Å². The van der Waals surface area contributed by atoms with E-state index in [0.717, 1.165) is 11.1 Å². The second-order valence-corrected chi connectivity index (χ2v) is 8.83. The number of nitrogens with zero attached hydrogens (tertiary/aromatic N) is 3. The van der Waals surface area contributed by atoms with Crippen LogP contribution in [-0.4, -0.2) is 46.8 Å². The van der Waals surface area contributed by atoms with Gasteiger partial charge < -0.3 is 14.8 Å². The first kappa shape index (κ1) is 25.8. The molecule has 1 N–H and O–H groups in total. The molecule has 0 aliphatic heterocycles. The number of anilines is 1. The SMILES string of the molecule is CCC(=O)Nc1ccc(C(=O)CSc2nnc(-c3ccccc3OC)c(-c3ccccc3OC)n2)cc1. The van der Waals surface area contributed by atoms with Crippen molar-refractivity contribution in [1.29, 1.82) is 0 Å². The Balaban J connectivity index is 1.61. The van der Waals surface area contributed by atoms with Crippen LogP contribution in [0.15, 0.2) is 78.0 Å². The van der Waals surface area contributed by atoms with E-state index in [1.54, 1.807) is 45.4 Å². The normalized spacial score (nSPS) is 10.6. The van der Waals surface area contributed by atoms with Crippen LogP contribution >= 0.6 is 11.8 Å². The van der Waals surface area contributed by atoms with E-state index in [9.17, 15) is 9.59 Å². The summed E-state index contributed by atoms with van der Waals surface area (Å²) in [4.78, 5) is 29.2. The van der Waals surface area contributed by atoms with Crippen molar-refractivity contribution in [2.45, 2.75) is 18.5 Å². The second-order valence-electron chi connectivity index (χ2n) is 7.88. The Bertz CT molecular complexity index is 1410. The molecule has 8 nitrogen and oxygen atoms in total. The number of carbonyl (C=O) groups excluding carboxylic acids is 2. The number of nitrogens with one attached hydrogen (secondary N) is 1. The number of para-hydroxylation sites is 2. The van der Waals surface area contributed by atoms with Gasteiger partial charge in [-0.15, -0.1) is 10.2 Å². The van der Waals surface area contributed by atoms with Crippen molar-refractivity contribution >= 4 is 29.1 Å². The number of rotatable bonds is 10. The van der Waals surface area contributed by atoms with Gasteiger partial charge >= 0.3 is 0 Å². The van der Waals surface area contributed by atoms with E-state index in [0.29, 0.717) is 45.7 Å². The number of Topliss-reactive ketones (excluding diaryl/α,β-unsaturated/α-hetero) is 1. The van der Waals surface area contributed by atoms with Gasteiger partial charge in [0.05, 0.1) is 20.0 Å². The molecule has 0 saturated heterocycles. The number of carbonyl (C=O) groups is 2. The minimum Gasteiger partial charge on any atom is -0.496 e. The second kappa shape index (κ2) is 12.1. The average Bonchev–Trinajstić information content (AvgIpc) is 2.96. The molecule has 188 valence electrons. The van der Waals surface area contributed by atoms with E-state index in [-0.39, 0.29) is 17.4 Å². The summed E-state index contributed by atoms with van der Waals surface area (Å²) >= 11 is 1.20. The number of hydrogen-bond donors (Lipinski definition) is 1. The predicted octanol–water partition coefficient (Wildman–Crippen LogP) is 5.55. The van der Waals surface area contributed by atoms with Gasteiger partial charge in [0.1, 0.15) is 22.9 Å². The first-order chi connectivity index (χ1) is 18.0. The highest BCUT2D eigenvalue weighted by Crippen LogP contribution is 2.38. The van der Waals surface area contributed by atoms with Crippen LogP contribution in [0.25, 0.3) is 22.5 Å². The topological polar surface area (TPSA) is 103 Å². The summed E-state index contributed by atoms with van der Waals surface area (Å²) in [5.74, 6) is 1.24. The van der Waals surface area contributed by atoms with Gasteiger partial charge in [-0.05, 0) is 48.5 Å². The first-order valence-corrected chi connectivity index (χ1v) is 12.6. The van der Waals surface area contributed by atoms with Crippen LogP contribution in [0.2, 0.25) is 0 Å². The third-order valence-electron chi connectivity index (χ3n) is 5.54. The highest BCUT2D eigenvalue weighted by atomic mass is 32.2. The van der Waals surface area contributed by atoms with Gasteiger partial charge in [0, 0.05) is 28.8 Å². The number of hydrogen-bond acceptors (Lipinski definition) is 8. The molecule has 4 aromatic rings. The minimum atomic E-state index is -0.0883. The quantitative estimate of drug-likeness (QED) is 0.217. The van der Waals surface area contributed by atoms with E-state index in [4.69, 9.17) is 14.5 Å². The van der Waals surface area contributed by atoms with Crippen molar-refractivity contribution in [2.24, 2.45) is 0 Å². The van der Waals surface area contributed by atoms with Gasteiger partial charge in [0.15, 0.2) is 5.78 Å². The number of ether oxygens (including phenoxy) is 2. The largest absolute Gasteiger partial charge is 0.496 e. The lowest BCUT2D eigenvalue weighted by Crippen LogP contribution is -2.10. The van der Waals surface area contributed by atoms with Crippen molar-refractivity contribution in [1.82, 2.24) is 15.2 Å². The number of amides is 1. The van der Waals surface area contributed by atoms with Gasteiger partial charge in [0.2, 0.25) is 11.1 Å². The van der Waals surface area contributed by atoms with Crippen LogP contribution in [0.3, 0.4) is 0 Å². The van der Waals surface area contributed by atoms with E-state index >= 15 is 0 Å². The van der Waals surface area contributed by atoms with Crippen LogP contribution < -0.4 is 14.8 Å². The van der Waals surface area contributed by atoms with Crippen molar-refractivity contribution in [3.8, 4) is 34.0 Å². The van der Waals surface area contributed by atoms with Crippen molar-refractivity contribution in [2.75, 3.05) is 25.3 Å². The van der Waals surface area contributed by atoms with Gasteiger partial charge in [-0.3, -0.25) is 9.59 Å². The summed E-state index contributed by atoms with van der Waals surface area (Å²) in [5.41, 5.74) is 3.79. The third-order valence-corrected chi connectivity index (χ3v) is 6.37. The molecule has 0 saturated carbocycles. The summed E-state index contributed by atoms with van der Waals surface area (Å²) in [6.07, 6.45) is 0.387. The lowest BCUT2D eigenvalue weighted by atomic mass is 10.0. The maximum Gasteiger partial charge on any atom is 0.224 e. The Hall–Kier alpha value is -4.24. The molecule has 0 aliphatic rings. The summed E-state index contributed by atoms with van der Waals surface area (Å²) in [7, 11) is 3.20. The summed E-state index contributed by atoms with van der Waals surface area (Å²) < 4.78 is 11.1. The molecular weight excluding hydrogens is 488 g/mol. The Morgan fingerprint density at radius 1 is 0.811 bits per heavy atom. The Kier molecular flexibility index (Phi) is 8.48. The number of ketones is 1. The fourth-order valence-corrected chi connectivity index (χ4v) is 4.31. The van der Waals surface area contributed by atoms with Crippen molar-refractivity contribution in [3.63, 3.8) is 0 Å². The zero-order valence-electron chi connectivity index (χ0n) is 20.7. The molecule has 37 heavy (non-hydrogen) atoms. The molecular formula is C28H26N4O4S. The highest BCUT2D eigenvalue weighted by molar-refractivity contribution is 7.99. The molecule has 0 unspecified atom stereocenters. The van der Waals surface area contributed by atoms with Gasteiger partial charge in [0.25, 0.3) is 0 Å². The molecule has 4 rings (SSSR count). The number of thioether (sulfide) groups is 1. The standard InChI is InChI=1S/C28H26N4O4S/c1-4-25(34)29-19-15-13-18(14-16-19)22(33)17-37-28-30-26(20-9-5-7-11-23(20)35-2)27(31-32-28)21-10-6-8-12-24(21)36-3/h5-16H,4,17H2,1-3H3,(H,29,34). The Labute approximate surface area is 219 Å². The summed E-state index contributed by atoms with van der Waals surface area (Å²) in [5, 5.41) is 11.9. The van der Waals surface area contributed by atoms with Crippen LogP contribution in [0, 0.1) is 0 Å². The molecule has 0 radical (unpaired) electrons. The van der Waals surface area contributed by atoms with E-state index < -0.39 is 0 Å². The zero-order valence-corrected chi connectivity index (χ0v) is 21.5. The Morgan fingerprint density at radius 3 is 2.00 bits per heavy atom. The van der Waals surface area contributed by atoms with Gasteiger partial charge in [-0.2, -0.15) is 0 Å². The summed E-state index contributed by atoms with van der Waals surface area (Å²) in [6.45, 7) is 1.78. The molecule has 1 aromatic heterocycles. The number of aromatic nitrogens is 3. The van der Waals surface area contributed by atoms with E-state index in [1.165, 1.54) is 11.8 Å². The maximum absolute atomic E-state index is 12.8. The lowest BCUT2D eigenvalue weighted by Gasteiger charge is -2.14.